The van der Waals surface area contributed by atoms with E-state index in [1.807, 2.05) is 91.0 Å². The number of aliphatic hydroxyl groups is 1. The molecule has 0 saturated heterocycles. The maximum atomic E-state index is 13.0. The first-order chi connectivity index (χ1) is 15.8. The van der Waals surface area contributed by atoms with Crippen molar-refractivity contribution in [1.29, 1.82) is 0 Å². The fraction of sp³-hybridized carbons (Fsp3) is 0.179. The zero-order valence-corrected chi connectivity index (χ0v) is 17.9. The van der Waals surface area contributed by atoms with Crippen LogP contribution in [0.5, 0.6) is 5.75 Å². The minimum Gasteiger partial charge on any atom is -0.491 e. The summed E-state index contributed by atoms with van der Waals surface area (Å²) in [4.78, 5) is 13.0. The van der Waals surface area contributed by atoms with Gasteiger partial charge in [0.25, 0.3) is 0 Å². The Balaban J connectivity index is 1.50. The summed E-state index contributed by atoms with van der Waals surface area (Å²) in [5.41, 5.74) is 3.22. The van der Waals surface area contributed by atoms with Crippen LogP contribution in [0.2, 0.25) is 0 Å². The van der Waals surface area contributed by atoms with Crippen molar-refractivity contribution in [3.8, 4) is 5.75 Å². The van der Waals surface area contributed by atoms with Crippen LogP contribution in [0.4, 0.5) is 0 Å². The number of aryl methyl sites for hydroxylation is 1. The Bertz CT molecular complexity index is 1120. The van der Waals surface area contributed by atoms with Crippen molar-refractivity contribution >= 4 is 16.7 Å². The number of carbonyl (C=O) groups is 1. The van der Waals surface area contributed by atoms with Crippen LogP contribution in [0.1, 0.15) is 29.2 Å². The predicted molar refractivity (Wildman–Crippen MR) is 128 cm³/mol. The number of fused-ring (bicyclic) bond motifs is 1. The number of rotatable bonds is 9. The standard InChI is InChI=1S/C28H27NO3/c30-19-20-32-26-16-8-14-24-21(13-7-15-25(24)26)17-18-27(31)29-28(22-9-3-1-4-10-22)23-11-5-2-6-12-23/h1-16,28,30H,17-20H2,(H,29,31). The number of benzene rings is 4. The van der Waals surface area contributed by atoms with E-state index in [0.29, 0.717) is 12.8 Å². The van der Waals surface area contributed by atoms with Gasteiger partial charge in [0.2, 0.25) is 5.91 Å². The fourth-order valence-electron chi connectivity index (χ4n) is 3.98. The molecule has 0 aliphatic carbocycles. The van der Waals surface area contributed by atoms with E-state index in [0.717, 1.165) is 33.2 Å². The molecule has 4 aromatic carbocycles. The maximum Gasteiger partial charge on any atom is 0.221 e. The van der Waals surface area contributed by atoms with Crippen LogP contribution in [0.25, 0.3) is 10.8 Å². The van der Waals surface area contributed by atoms with Gasteiger partial charge in [-0.2, -0.15) is 0 Å². The van der Waals surface area contributed by atoms with Gasteiger partial charge in [0.15, 0.2) is 0 Å². The Kier molecular flexibility index (Phi) is 7.15. The van der Waals surface area contributed by atoms with E-state index in [4.69, 9.17) is 9.84 Å². The van der Waals surface area contributed by atoms with Crippen LogP contribution in [0.3, 0.4) is 0 Å². The molecule has 0 aliphatic rings. The molecule has 4 rings (SSSR count). The summed E-state index contributed by atoms with van der Waals surface area (Å²) in [5.74, 6) is 0.753. The third-order valence-corrected chi connectivity index (χ3v) is 5.51. The van der Waals surface area contributed by atoms with Crippen molar-refractivity contribution in [2.24, 2.45) is 0 Å². The molecule has 0 heterocycles. The van der Waals surface area contributed by atoms with E-state index in [1.165, 1.54) is 0 Å². The summed E-state index contributed by atoms with van der Waals surface area (Å²) in [6.07, 6.45) is 1.01. The van der Waals surface area contributed by atoms with Gasteiger partial charge in [-0.3, -0.25) is 4.79 Å². The van der Waals surface area contributed by atoms with E-state index >= 15 is 0 Å². The topological polar surface area (TPSA) is 58.6 Å². The Hall–Kier alpha value is -3.63. The van der Waals surface area contributed by atoms with Gasteiger partial charge in [-0.15, -0.1) is 0 Å². The second-order valence-electron chi connectivity index (χ2n) is 7.66. The summed E-state index contributed by atoms with van der Waals surface area (Å²) in [6, 6.07) is 31.8. The zero-order chi connectivity index (χ0) is 22.2. The Morgan fingerprint density at radius 2 is 1.41 bits per heavy atom. The zero-order valence-electron chi connectivity index (χ0n) is 17.9. The first kappa shape index (κ1) is 21.6. The van der Waals surface area contributed by atoms with Gasteiger partial charge in [0.05, 0.1) is 12.6 Å². The highest BCUT2D eigenvalue weighted by Gasteiger charge is 2.17. The van der Waals surface area contributed by atoms with Crippen molar-refractivity contribution in [2.75, 3.05) is 13.2 Å². The van der Waals surface area contributed by atoms with Crippen LogP contribution in [0.15, 0.2) is 97.1 Å². The molecule has 0 bridgehead atoms. The molecule has 0 atom stereocenters. The molecule has 0 aromatic heterocycles. The summed E-state index contributed by atoms with van der Waals surface area (Å²) in [5, 5.41) is 14.3. The monoisotopic (exact) mass is 425 g/mol. The fourth-order valence-corrected chi connectivity index (χ4v) is 3.98. The van der Waals surface area contributed by atoms with Gasteiger partial charge < -0.3 is 15.2 Å². The summed E-state index contributed by atoms with van der Waals surface area (Å²) >= 11 is 0. The highest BCUT2D eigenvalue weighted by Crippen LogP contribution is 2.29. The number of nitrogens with one attached hydrogen (secondary N) is 1. The number of hydrogen-bond acceptors (Lipinski definition) is 3. The van der Waals surface area contributed by atoms with Crippen LogP contribution < -0.4 is 10.1 Å². The highest BCUT2D eigenvalue weighted by atomic mass is 16.5. The van der Waals surface area contributed by atoms with Gasteiger partial charge in [0.1, 0.15) is 12.4 Å². The molecule has 2 N–H and O–H groups in total. The average molecular weight is 426 g/mol. The molecule has 0 radical (unpaired) electrons. The van der Waals surface area contributed by atoms with Gasteiger partial charge in [0, 0.05) is 11.8 Å². The Morgan fingerprint density at radius 3 is 2.06 bits per heavy atom. The lowest BCUT2D eigenvalue weighted by Crippen LogP contribution is -2.29. The predicted octanol–water partition coefficient (Wildman–Crippen LogP) is 5.05. The first-order valence-corrected chi connectivity index (χ1v) is 10.9. The SMILES string of the molecule is O=C(CCc1cccc2c(OCCO)cccc12)NC(c1ccccc1)c1ccccc1. The van der Waals surface area contributed by atoms with Crippen molar-refractivity contribution in [1.82, 2.24) is 5.32 Å². The minimum absolute atomic E-state index is 0.00685. The number of ether oxygens (including phenoxy) is 1. The molecule has 0 saturated carbocycles. The van der Waals surface area contributed by atoms with Crippen molar-refractivity contribution in [2.45, 2.75) is 18.9 Å². The molecule has 32 heavy (non-hydrogen) atoms. The number of aliphatic hydroxyl groups excluding tert-OH is 1. The summed E-state index contributed by atoms with van der Waals surface area (Å²) in [7, 11) is 0. The van der Waals surface area contributed by atoms with Crippen LogP contribution in [-0.2, 0) is 11.2 Å². The van der Waals surface area contributed by atoms with E-state index in [9.17, 15) is 4.79 Å². The second kappa shape index (κ2) is 10.6. The smallest absolute Gasteiger partial charge is 0.221 e. The number of carbonyl (C=O) groups excluding carboxylic acids is 1. The van der Waals surface area contributed by atoms with E-state index in [2.05, 4.69) is 11.4 Å². The van der Waals surface area contributed by atoms with Crippen LogP contribution in [0, 0.1) is 0 Å². The largest absolute Gasteiger partial charge is 0.491 e. The van der Waals surface area contributed by atoms with Crippen LogP contribution >= 0.6 is 0 Å². The maximum absolute atomic E-state index is 13.0. The molecule has 0 spiro atoms. The van der Waals surface area contributed by atoms with E-state index < -0.39 is 0 Å². The first-order valence-electron chi connectivity index (χ1n) is 10.9. The van der Waals surface area contributed by atoms with Gasteiger partial charge in [-0.25, -0.2) is 0 Å². The lowest BCUT2D eigenvalue weighted by molar-refractivity contribution is -0.121. The molecular weight excluding hydrogens is 398 g/mol. The number of hydrogen-bond donors (Lipinski definition) is 2. The third kappa shape index (κ3) is 5.16. The number of amides is 1. The van der Waals surface area contributed by atoms with E-state index in [1.54, 1.807) is 0 Å². The van der Waals surface area contributed by atoms with Gasteiger partial charge in [-0.05, 0) is 34.6 Å². The molecule has 4 nitrogen and oxygen atoms in total. The third-order valence-electron chi connectivity index (χ3n) is 5.51. The van der Waals surface area contributed by atoms with Gasteiger partial charge in [-0.1, -0.05) is 91.0 Å². The second-order valence-corrected chi connectivity index (χ2v) is 7.66. The van der Waals surface area contributed by atoms with Crippen LogP contribution in [-0.4, -0.2) is 24.2 Å². The van der Waals surface area contributed by atoms with Crippen molar-refractivity contribution < 1.29 is 14.6 Å². The molecule has 0 aliphatic heterocycles. The molecule has 162 valence electrons. The highest BCUT2D eigenvalue weighted by molar-refractivity contribution is 5.91. The summed E-state index contributed by atoms with van der Waals surface area (Å²) in [6.45, 7) is 0.229. The van der Waals surface area contributed by atoms with Crippen molar-refractivity contribution in [3.05, 3.63) is 114 Å². The quantitative estimate of drug-likeness (QED) is 0.395. The normalized spacial score (nSPS) is 10.9. The minimum atomic E-state index is -0.184. The lowest BCUT2D eigenvalue weighted by Gasteiger charge is -2.20. The summed E-state index contributed by atoms with van der Waals surface area (Å²) < 4.78 is 5.67. The molecule has 1 amide bonds. The van der Waals surface area contributed by atoms with E-state index in [-0.39, 0.29) is 25.2 Å². The van der Waals surface area contributed by atoms with Gasteiger partial charge >= 0.3 is 0 Å². The molecule has 0 unspecified atom stereocenters. The van der Waals surface area contributed by atoms with Crippen molar-refractivity contribution in [3.63, 3.8) is 0 Å². The molecule has 4 heteroatoms. The lowest BCUT2D eigenvalue weighted by atomic mass is 9.97. The Morgan fingerprint density at radius 1 is 0.781 bits per heavy atom. The molecule has 4 aromatic rings. The average Bonchev–Trinajstić information content (AvgIpc) is 2.85. The Labute approximate surface area is 188 Å². The molecule has 0 fully saturated rings. The molecular formula is C28H27NO3.